The Balaban J connectivity index is 2.67. The van der Waals surface area contributed by atoms with Gasteiger partial charge in [0.05, 0.1) is 5.97 Å². The number of furan rings is 1. The summed E-state index contributed by atoms with van der Waals surface area (Å²) in [6.07, 6.45) is 0. The van der Waals surface area contributed by atoms with Gasteiger partial charge in [-0.2, -0.15) is 0 Å². The number of aromatic carboxylic acids is 1. The van der Waals surface area contributed by atoms with E-state index in [1.165, 1.54) is 6.07 Å². The SMILES string of the molecule is Cc1cc2cc(C(=O)[O-])ccc2o1. The first-order valence-electron chi connectivity index (χ1n) is 3.88. The molecule has 0 bridgehead atoms. The van der Waals surface area contributed by atoms with Crippen molar-refractivity contribution in [1.82, 2.24) is 0 Å². The largest absolute Gasteiger partial charge is 0.545 e. The minimum absolute atomic E-state index is 0.174. The average molecular weight is 175 g/mol. The zero-order valence-corrected chi connectivity index (χ0v) is 7.03. The lowest BCUT2D eigenvalue weighted by Gasteiger charge is -1.99. The van der Waals surface area contributed by atoms with Crippen LogP contribution in [0.4, 0.5) is 0 Å². The van der Waals surface area contributed by atoms with E-state index >= 15 is 0 Å². The zero-order valence-electron chi connectivity index (χ0n) is 7.03. The third kappa shape index (κ3) is 1.28. The fourth-order valence-electron chi connectivity index (χ4n) is 1.30. The fourth-order valence-corrected chi connectivity index (χ4v) is 1.30. The molecule has 0 unspecified atom stereocenters. The second-order valence-electron chi connectivity index (χ2n) is 2.90. The van der Waals surface area contributed by atoms with Crippen LogP contribution in [0.1, 0.15) is 16.1 Å². The van der Waals surface area contributed by atoms with Gasteiger partial charge in [0.25, 0.3) is 0 Å². The van der Waals surface area contributed by atoms with Crippen LogP contribution in [0.2, 0.25) is 0 Å². The summed E-state index contributed by atoms with van der Waals surface area (Å²) in [6.45, 7) is 1.82. The van der Waals surface area contributed by atoms with Gasteiger partial charge in [-0.05, 0) is 36.8 Å². The van der Waals surface area contributed by atoms with Crippen molar-refractivity contribution in [2.24, 2.45) is 0 Å². The Labute approximate surface area is 74.6 Å². The molecule has 2 aromatic rings. The van der Waals surface area contributed by atoms with Crippen LogP contribution in [0, 0.1) is 6.92 Å². The first-order chi connectivity index (χ1) is 6.16. The summed E-state index contributed by atoms with van der Waals surface area (Å²) in [4.78, 5) is 10.5. The van der Waals surface area contributed by atoms with Gasteiger partial charge in [-0.25, -0.2) is 0 Å². The van der Waals surface area contributed by atoms with Gasteiger partial charge < -0.3 is 14.3 Å². The molecule has 2 rings (SSSR count). The smallest absolute Gasteiger partial charge is 0.134 e. The molecule has 0 saturated carbocycles. The highest BCUT2D eigenvalue weighted by molar-refractivity contribution is 5.91. The maximum Gasteiger partial charge on any atom is 0.134 e. The van der Waals surface area contributed by atoms with E-state index in [2.05, 4.69) is 0 Å². The summed E-state index contributed by atoms with van der Waals surface area (Å²) in [7, 11) is 0. The number of carboxylic acid groups (broad SMARTS) is 1. The van der Waals surface area contributed by atoms with E-state index in [9.17, 15) is 9.90 Å². The van der Waals surface area contributed by atoms with Gasteiger partial charge in [0, 0.05) is 5.39 Å². The van der Waals surface area contributed by atoms with E-state index < -0.39 is 5.97 Å². The van der Waals surface area contributed by atoms with Crippen LogP contribution in [0.15, 0.2) is 28.7 Å². The summed E-state index contributed by atoms with van der Waals surface area (Å²) in [5.74, 6) is -0.397. The van der Waals surface area contributed by atoms with Crippen molar-refractivity contribution in [2.45, 2.75) is 6.92 Å². The summed E-state index contributed by atoms with van der Waals surface area (Å²) >= 11 is 0. The molecule has 0 atom stereocenters. The Morgan fingerprint density at radius 1 is 1.38 bits per heavy atom. The van der Waals surface area contributed by atoms with Gasteiger partial charge in [-0.3, -0.25) is 0 Å². The second-order valence-corrected chi connectivity index (χ2v) is 2.90. The molecule has 0 spiro atoms. The summed E-state index contributed by atoms with van der Waals surface area (Å²) in [5, 5.41) is 11.3. The lowest BCUT2D eigenvalue weighted by molar-refractivity contribution is -0.255. The summed E-state index contributed by atoms with van der Waals surface area (Å²) in [5.41, 5.74) is 0.871. The number of aryl methyl sites for hydroxylation is 1. The highest BCUT2D eigenvalue weighted by Crippen LogP contribution is 2.19. The molecule has 1 aromatic heterocycles. The molecule has 0 N–H and O–H groups in total. The maximum absolute atomic E-state index is 10.5. The number of carbonyl (C=O) groups excluding carboxylic acids is 1. The summed E-state index contributed by atoms with van der Waals surface area (Å²) < 4.78 is 5.29. The Bertz CT molecular complexity index is 468. The van der Waals surface area contributed by atoms with Gasteiger partial charge in [0.15, 0.2) is 0 Å². The minimum atomic E-state index is -1.17. The molecule has 1 heterocycles. The van der Waals surface area contributed by atoms with Crippen molar-refractivity contribution >= 4 is 16.9 Å². The number of rotatable bonds is 1. The lowest BCUT2D eigenvalue weighted by Crippen LogP contribution is -2.21. The molecule has 0 aliphatic carbocycles. The fraction of sp³-hybridized carbons (Fsp3) is 0.100. The van der Waals surface area contributed by atoms with Crippen LogP contribution in [-0.4, -0.2) is 5.97 Å². The van der Waals surface area contributed by atoms with Crippen LogP contribution in [0.5, 0.6) is 0 Å². The maximum atomic E-state index is 10.5. The topological polar surface area (TPSA) is 53.3 Å². The van der Waals surface area contributed by atoms with E-state index in [0.29, 0.717) is 5.58 Å². The Hall–Kier alpha value is -1.77. The van der Waals surface area contributed by atoms with Crippen molar-refractivity contribution in [3.8, 4) is 0 Å². The molecular formula is C10H7O3-. The molecule has 0 aliphatic rings. The molecule has 0 aliphatic heterocycles. The molecule has 0 saturated heterocycles. The molecular weight excluding hydrogens is 168 g/mol. The second kappa shape index (κ2) is 2.62. The van der Waals surface area contributed by atoms with Crippen molar-refractivity contribution in [1.29, 1.82) is 0 Å². The van der Waals surface area contributed by atoms with Gasteiger partial charge in [0.1, 0.15) is 11.3 Å². The molecule has 0 amide bonds. The molecule has 0 radical (unpaired) electrons. The number of carbonyl (C=O) groups is 1. The van der Waals surface area contributed by atoms with Crippen molar-refractivity contribution < 1.29 is 14.3 Å². The van der Waals surface area contributed by atoms with Crippen molar-refractivity contribution in [2.75, 3.05) is 0 Å². The Kier molecular flexibility index (Phi) is 1.59. The lowest BCUT2D eigenvalue weighted by atomic mass is 10.1. The van der Waals surface area contributed by atoms with E-state index in [1.807, 2.05) is 6.92 Å². The number of fused-ring (bicyclic) bond motifs is 1. The minimum Gasteiger partial charge on any atom is -0.545 e. The highest BCUT2D eigenvalue weighted by Gasteiger charge is 2.01. The molecule has 3 heteroatoms. The quantitative estimate of drug-likeness (QED) is 0.652. The van der Waals surface area contributed by atoms with Crippen LogP contribution in [0.25, 0.3) is 11.0 Å². The van der Waals surface area contributed by atoms with E-state index in [0.717, 1.165) is 11.1 Å². The Morgan fingerprint density at radius 3 is 2.85 bits per heavy atom. The molecule has 66 valence electrons. The van der Waals surface area contributed by atoms with Crippen LogP contribution in [0.3, 0.4) is 0 Å². The highest BCUT2D eigenvalue weighted by atomic mass is 16.4. The summed E-state index contributed by atoms with van der Waals surface area (Å²) in [6, 6.07) is 6.44. The number of hydrogen-bond acceptors (Lipinski definition) is 3. The number of carboxylic acids is 1. The molecule has 0 fully saturated rings. The predicted octanol–water partition coefficient (Wildman–Crippen LogP) is 1.10. The van der Waals surface area contributed by atoms with E-state index in [-0.39, 0.29) is 5.56 Å². The van der Waals surface area contributed by atoms with Crippen molar-refractivity contribution in [3.63, 3.8) is 0 Å². The predicted molar refractivity (Wildman–Crippen MR) is 45.3 cm³/mol. The van der Waals surface area contributed by atoms with Crippen molar-refractivity contribution in [3.05, 3.63) is 35.6 Å². The van der Waals surface area contributed by atoms with Crippen LogP contribution in [-0.2, 0) is 0 Å². The number of benzene rings is 1. The number of hydrogen-bond donors (Lipinski definition) is 0. The Morgan fingerprint density at radius 2 is 2.15 bits per heavy atom. The van der Waals surface area contributed by atoms with Gasteiger partial charge in [-0.15, -0.1) is 0 Å². The third-order valence-electron chi connectivity index (χ3n) is 1.88. The van der Waals surface area contributed by atoms with E-state index in [1.54, 1.807) is 18.2 Å². The molecule has 1 aromatic carbocycles. The van der Waals surface area contributed by atoms with Crippen LogP contribution >= 0.6 is 0 Å². The van der Waals surface area contributed by atoms with Gasteiger partial charge >= 0.3 is 0 Å². The van der Waals surface area contributed by atoms with E-state index in [4.69, 9.17) is 4.42 Å². The van der Waals surface area contributed by atoms with Crippen LogP contribution < -0.4 is 5.11 Å². The monoisotopic (exact) mass is 175 g/mol. The standard InChI is InChI=1S/C10H8O3/c1-6-4-8-5-7(10(11)12)2-3-9(8)13-6/h2-5H,1H3,(H,11,12)/p-1. The normalized spacial score (nSPS) is 10.5. The zero-order chi connectivity index (χ0) is 9.42. The van der Waals surface area contributed by atoms with Gasteiger partial charge in [0.2, 0.25) is 0 Å². The van der Waals surface area contributed by atoms with Gasteiger partial charge in [-0.1, -0.05) is 0 Å². The average Bonchev–Trinajstić information content (AvgIpc) is 2.42. The first kappa shape index (κ1) is 7.86. The molecule has 13 heavy (non-hydrogen) atoms. The third-order valence-corrected chi connectivity index (χ3v) is 1.88. The molecule has 3 nitrogen and oxygen atoms in total. The first-order valence-corrected chi connectivity index (χ1v) is 3.88.